The zero-order valence-corrected chi connectivity index (χ0v) is 12.4. The third-order valence-corrected chi connectivity index (χ3v) is 2.72. The van der Waals surface area contributed by atoms with E-state index in [1.807, 2.05) is 0 Å². The van der Waals surface area contributed by atoms with Crippen LogP contribution in [0.5, 0.6) is 5.75 Å². The van der Waals surface area contributed by atoms with Gasteiger partial charge in [-0.2, -0.15) is 0 Å². The van der Waals surface area contributed by atoms with Crippen LogP contribution in [0.1, 0.15) is 26.3 Å². The second-order valence-corrected chi connectivity index (χ2v) is 5.64. The minimum Gasteiger partial charge on any atom is -0.494 e. The molecular formula is C15H22FNO3. The van der Waals surface area contributed by atoms with E-state index >= 15 is 0 Å². The molecule has 0 aliphatic heterocycles. The first-order valence-electron chi connectivity index (χ1n) is 6.52. The lowest BCUT2D eigenvalue weighted by Crippen LogP contribution is -2.33. The van der Waals surface area contributed by atoms with Crippen LogP contribution in [0.4, 0.5) is 4.39 Å². The number of carbonyl (C=O) groups is 1. The molecule has 0 heterocycles. The molecule has 0 saturated carbocycles. The van der Waals surface area contributed by atoms with Gasteiger partial charge in [0.05, 0.1) is 13.0 Å². The molecule has 20 heavy (non-hydrogen) atoms. The fraction of sp³-hybridized carbons (Fsp3) is 0.533. The van der Waals surface area contributed by atoms with Gasteiger partial charge >= 0.3 is 5.97 Å². The van der Waals surface area contributed by atoms with Crippen LogP contribution in [0.25, 0.3) is 0 Å². The molecule has 4 nitrogen and oxygen atoms in total. The molecule has 1 aromatic carbocycles. The Morgan fingerprint density at radius 3 is 2.50 bits per heavy atom. The van der Waals surface area contributed by atoms with Gasteiger partial charge < -0.3 is 15.2 Å². The number of rotatable bonds is 5. The third-order valence-electron chi connectivity index (χ3n) is 2.72. The van der Waals surface area contributed by atoms with Crippen LogP contribution in [-0.2, 0) is 16.0 Å². The van der Waals surface area contributed by atoms with Crippen LogP contribution in [0.2, 0.25) is 0 Å². The fourth-order valence-electron chi connectivity index (χ4n) is 1.77. The summed E-state index contributed by atoms with van der Waals surface area (Å²) in [6.07, 6.45) is 0.340. The molecule has 1 unspecified atom stereocenters. The zero-order valence-electron chi connectivity index (χ0n) is 12.4. The number of nitrogens with two attached hydrogens (primary N) is 1. The van der Waals surface area contributed by atoms with Gasteiger partial charge in [-0.25, -0.2) is 4.39 Å². The van der Waals surface area contributed by atoms with Crippen molar-refractivity contribution in [3.05, 3.63) is 29.6 Å². The third kappa shape index (κ3) is 4.81. The Balaban J connectivity index is 2.78. The SMILES string of the molecule is COc1ccc(CC(CN)C(=O)OC(C)(C)C)cc1F. The number of hydrogen-bond acceptors (Lipinski definition) is 4. The molecule has 0 radical (unpaired) electrons. The largest absolute Gasteiger partial charge is 0.494 e. The van der Waals surface area contributed by atoms with Gasteiger partial charge in [-0.1, -0.05) is 6.07 Å². The van der Waals surface area contributed by atoms with E-state index in [1.54, 1.807) is 26.8 Å². The van der Waals surface area contributed by atoms with Crippen molar-refractivity contribution in [3.8, 4) is 5.75 Å². The molecule has 0 saturated heterocycles. The van der Waals surface area contributed by atoms with Gasteiger partial charge in [-0.05, 0) is 44.9 Å². The van der Waals surface area contributed by atoms with Gasteiger partial charge in [0, 0.05) is 6.54 Å². The molecule has 1 aromatic rings. The van der Waals surface area contributed by atoms with E-state index < -0.39 is 17.3 Å². The maximum absolute atomic E-state index is 13.6. The van der Waals surface area contributed by atoms with Gasteiger partial charge in [-0.3, -0.25) is 4.79 Å². The zero-order chi connectivity index (χ0) is 15.3. The Morgan fingerprint density at radius 1 is 1.40 bits per heavy atom. The van der Waals surface area contributed by atoms with Gasteiger partial charge in [0.25, 0.3) is 0 Å². The highest BCUT2D eigenvalue weighted by Crippen LogP contribution is 2.20. The summed E-state index contributed by atoms with van der Waals surface area (Å²) >= 11 is 0. The standard InChI is InChI=1S/C15H22FNO3/c1-15(2,3)20-14(18)11(9-17)7-10-5-6-13(19-4)12(16)8-10/h5-6,8,11H,7,9,17H2,1-4H3. The Hall–Kier alpha value is -1.62. The maximum Gasteiger partial charge on any atom is 0.311 e. The lowest BCUT2D eigenvalue weighted by molar-refractivity contribution is -0.159. The topological polar surface area (TPSA) is 61.5 Å². The van der Waals surface area contributed by atoms with Crippen molar-refractivity contribution in [1.82, 2.24) is 0 Å². The van der Waals surface area contributed by atoms with E-state index in [-0.39, 0.29) is 18.3 Å². The summed E-state index contributed by atoms with van der Waals surface area (Å²) in [5.41, 5.74) is 5.74. The van der Waals surface area contributed by atoms with Crippen molar-refractivity contribution in [2.75, 3.05) is 13.7 Å². The summed E-state index contributed by atoms with van der Waals surface area (Å²) in [5, 5.41) is 0. The van der Waals surface area contributed by atoms with Gasteiger partial charge in [0.1, 0.15) is 5.60 Å². The van der Waals surface area contributed by atoms with Crippen LogP contribution in [0.3, 0.4) is 0 Å². The van der Waals surface area contributed by atoms with Crippen molar-refractivity contribution in [3.63, 3.8) is 0 Å². The Morgan fingerprint density at radius 2 is 2.05 bits per heavy atom. The highest BCUT2D eigenvalue weighted by Gasteiger charge is 2.24. The van der Waals surface area contributed by atoms with Crippen LogP contribution in [0.15, 0.2) is 18.2 Å². The smallest absolute Gasteiger partial charge is 0.311 e. The summed E-state index contributed by atoms with van der Waals surface area (Å²) in [7, 11) is 1.40. The fourth-order valence-corrected chi connectivity index (χ4v) is 1.77. The molecule has 112 valence electrons. The van der Waals surface area contributed by atoms with E-state index in [0.29, 0.717) is 12.0 Å². The van der Waals surface area contributed by atoms with Crippen LogP contribution in [-0.4, -0.2) is 25.2 Å². The quantitative estimate of drug-likeness (QED) is 0.842. The lowest BCUT2D eigenvalue weighted by atomic mass is 9.99. The molecule has 0 spiro atoms. The van der Waals surface area contributed by atoms with Gasteiger partial charge in [-0.15, -0.1) is 0 Å². The molecule has 0 aromatic heterocycles. The number of carbonyl (C=O) groups excluding carboxylic acids is 1. The molecule has 0 aliphatic rings. The second-order valence-electron chi connectivity index (χ2n) is 5.64. The van der Waals surface area contributed by atoms with E-state index in [4.69, 9.17) is 15.2 Å². The van der Waals surface area contributed by atoms with Crippen LogP contribution >= 0.6 is 0 Å². The molecule has 0 amide bonds. The van der Waals surface area contributed by atoms with E-state index in [1.165, 1.54) is 19.2 Å². The number of benzene rings is 1. The summed E-state index contributed by atoms with van der Waals surface area (Å²) in [4.78, 5) is 12.0. The lowest BCUT2D eigenvalue weighted by Gasteiger charge is -2.23. The van der Waals surface area contributed by atoms with Crippen molar-refractivity contribution < 1.29 is 18.7 Å². The number of methoxy groups -OCH3 is 1. The molecule has 0 bridgehead atoms. The summed E-state index contributed by atoms with van der Waals surface area (Å²) in [5.74, 6) is -1.13. The Kier molecular flexibility index (Phi) is 5.51. The maximum atomic E-state index is 13.6. The van der Waals surface area contributed by atoms with Gasteiger partial charge in [0.2, 0.25) is 0 Å². The summed E-state index contributed by atoms with van der Waals surface area (Å²) in [6.45, 7) is 5.55. The van der Waals surface area contributed by atoms with Crippen LogP contribution in [0, 0.1) is 11.7 Å². The average molecular weight is 283 g/mol. The first-order valence-corrected chi connectivity index (χ1v) is 6.52. The van der Waals surface area contributed by atoms with Crippen molar-refractivity contribution in [2.45, 2.75) is 32.8 Å². The second kappa shape index (κ2) is 6.70. The highest BCUT2D eigenvalue weighted by molar-refractivity contribution is 5.73. The highest BCUT2D eigenvalue weighted by atomic mass is 19.1. The van der Waals surface area contributed by atoms with Crippen molar-refractivity contribution in [2.24, 2.45) is 11.7 Å². The number of halogens is 1. The number of ether oxygens (including phenoxy) is 2. The number of esters is 1. The minimum absolute atomic E-state index is 0.155. The predicted molar refractivity (Wildman–Crippen MR) is 75.0 cm³/mol. The molecule has 1 rings (SSSR count). The van der Waals surface area contributed by atoms with Gasteiger partial charge in [0.15, 0.2) is 11.6 Å². The molecule has 2 N–H and O–H groups in total. The molecule has 1 atom stereocenters. The van der Waals surface area contributed by atoms with Crippen molar-refractivity contribution in [1.29, 1.82) is 0 Å². The first-order chi connectivity index (χ1) is 9.26. The van der Waals surface area contributed by atoms with Crippen LogP contribution < -0.4 is 10.5 Å². The normalized spacial score (nSPS) is 12.9. The summed E-state index contributed by atoms with van der Waals surface area (Å²) in [6, 6.07) is 4.61. The Labute approximate surface area is 119 Å². The predicted octanol–water partition coefficient (Wildman–Crippen LogP) is 2.29. The average Bonchev–Trinajstić information content (AvgIpc) is 2.33. The van der Waals surface area contributed by atoms with E-state index in [2.05, 4.69) is 0 Å². The summed E-state index contributed by atoms with van der Waals surface area (Å²) < 4.78 is 23.8. The van der Waals surface area contributed by atoms with E-state index in [9.17, 15) is 9.18 Å². The van der Waals surface area contributed by atoms with E-state index in [0.717, 1.165) is 0 Å². The molecule has 0 fully saturated rings. The molecule has 0 aliphatic carbocycles. The monoisotopic (exact) mass is 283 g/mol. The molecule has 5 heteroatoms. The Bertz CT molecular complexity index is 469. The minimum atomic E-state index is -0.560. The first kappa shape index (κ1) is 16.4. The molecular weight excluding hydrogens is 261 g/mol. The number of hydrogen-bond donors (Lipinski definition) is 1. The van der Waals surface area contributed by atoms with Crippen molar-refractivity contribution >= 4 is 5.97 Å².